The molecule has 0 spiro atoms. The Kier molecular flexibility index (Phi) is 5.03. The van der Waals surface area contributed by atoms with Crippen LogP contribution >= 0.6 is 0 Å². The van der Waals surface area contributed by atoms with Crippen molar-refractivity contribution in [1.29, 1.82) is 0 Å². The number of H-pyrrole nitrogens is 1. The van der Waals surface area contributed by atoms with Gasteiger partial charge < -0.3 is 5.11 Å². The molecule has 0 amide bonds. The summed E-state index contributed by atoms with van der Waals surface area (Å²) in [5.74, 6) is -0.181. The maximum absolute atomic E-state index is 13.2. The topological polar surface area (TPSA) is 89.5 Å². The molecule has 0 saturated carbocycles. The molecule has 7 nitrogen and oxygen atoms in total. The number of fused-ring (bicyclic) bond motifs is 1. The van der Waals surface area contributed by atoms with E-state index in [2.05, 4.69) is 15.1 Å². The van der Waals surface area contributed by atoms with Crippen LogP contribution in [-0.2, 0) is 16.6 Å². The van der Waals surface area contributed by atoms with E-state index < -0.39 is 10.0 Å². The van der Waals surface area contributed by atoms with Crippen molar-refractivity contribution >= 4 is 10.0 Å². The highest BCUT2D eigenvalue weighted by molar-refractivity contribution is 7.88. The van der Waals surface area contributed by atoms with E-state index in [1.165, 1.54) is 22.7 Å². The van der Waals surface area contributed by atoms with Crippen LogP contribution in [0.5, 0.6) is 0 Å². The highest BCUT2D eigenvalue weighted by Gasteiger charge is 2.51. The minimum absolute atomic E-state index is 0.00403. The zero-order valence-electron chi connectivity index (χ0n) is 15.8. The number of benzene rings is 1. The smallest absolute Gasteiger partial charge is 0.211 e. The third-order valence-electron chi connectivity index (χ3n) is 6.21. The molecule has 1 aromatic heterocycles. The highest BCUT2D eigenvalue weighted by Crippen LogP contribution is 2.43. The van der Waals surface area contributed by atoms with Crippen molar-refractivity contribution in [3.8, 4) is 11.3 Å². The first kappa shape index (κ1) is 19.5. The molecule has 2 N–H and O–H groups in total. The fourth-order valence-electron chi connectivity index (χ4n) is 4.50. The Balaban J connectivity index is 1.50. The van der Waals surface area contributed by atoms with Crippen LogP contribution in [0.1, 0.15) is 12.0 Å². The number of aliphatic hydroxyl groups is 1. The van der Waals surface area contributed by atoms with E-state index in [1.54, 1.807) is 18.3 Å². The molecule has 0 aliphatic carbocycles. The molecule has 9 heteroatoms. The van der Waals surface area contributed by atoms with E-state index in [9.17, 15) is 17.9 Å². The van der Waals surface area contributed by atoms with Crippen LogP contribution in [0, 0.1) is 17.2 Å². The minimum Gasteiger partial charge on any atom is -0.396 e. The zero-order chi connectivity index (χ0) is 19.9. The summed E-state index contributed by atoms with van der Waals surface area (Å²) < 4.78 is 38.7. The van der Waals surface area contributed by atoms with Gasteiger partial charge in [-0.1, -0.05) is 0 Å². The molecule has 0 unspecified atom stereocenters. The Morgan fingerprint density at radius 3 is 2.75 bits per heavy atom. The van der Waals surface area contributed by atoms with E-state index in [4.69, 9.17) is 0 Å². The van der Waals surface area contributed by atoms with E-state index >= 15 is 0 Å². The van der Waals surface area contributed by atoms with Gasteiger partial charge in [-0.3, -0.25) is 10.00 Å². The number of likely N-dealkylation sites (tertiary alicyclic amines) is 1. The van der Waals surface area contributed by atoms with Gasteiger partial charge in [0.1, 0.15) is 5.82 Å². The standard InChI is InChI=1S/C19H25FN4O3S/c1-28(26,27)24-11-16-10-23(7-6-19(16,12-24)13-25)9-15-8-21-22-18(15)14-2-4-17(20)5-3-14/h2-5,8,16,25H,6-7,9-13H2,1H3,(H,21,22)/t16-,19+/m1/s1. The highest BCUT2D eigenvalue weighted by atomic mass is 32.2. The van der Waals surface area contributed by atoms with E-state index in [1.807, 2.05) is 0 Å². The Labute approximate surface area is 164 Å². The average molecular weight is 408 g/mol. The Morgan fingerprint density at radius 2 is 2.07 bits per heavy atom. The van der Waals surface area contributed by atoms with Crippen LogP contribution < -0.4 is 0 Å². The SMILES string of the molecule is CS(=O)(=O)N1C[C@H]2CN(Cc3cn[nH]c3-c3ccc(F)cc3)CC[C@@]2(CO)C1. The third-order valence-corrected chi connectivity index (χ3v) is 7.43. The molecule has 1 aromatic carbocycles. The van der Waals surface area contributed by atoms with Crippen LogP contribution in [0.3, 0.4) is 0 Å². The first-order valence-electron chi connectivity index (χ1n) is 9.37. The first-order valence-corrected chi connectivity index (χ1v) is 11.2. The van der Waals surface area contributed by atoms with Gasteiger partial charge in [-0.15, -0.1) is 0 Å². The Bertz CT molecular complexity index is 946. The molecule has 2 aliphatic rings. The maximum atomic E-state index is 13.2. The molecular formula is C19H25FN4O3S. The van der Waals surface area contributed by atoms with Crippen LogP contribution in [-0.4, -0.2) is 72.0 Å². The number of sulfonamides is 1. The average Bonchev–Trinajstić information content (AvgIpc) is 3.27. The molecule has 2 saturated heterocycles. The summed E-state index contributed by atoms with van der Waals surface area (Å²) in [5, 5.41) is 17.2. The van der Waals surface area contributed by atoms with Gasteiger partial charge in [-0.2, -0.15) is 5.10 Å². The Hall–Kier alpha value is -1.81. The molecule has 2 atom stereocenters. The molecule has 0 radical (unpaired) electrons. The van der Waals surface area contributed by atoms with Crippen molar-refractivity contribution in [2.45, 2.75) is 13.0 Å². The van der Waals surface area contributed by atoms with Crippen LogP contribution in [0.25, 0.3) is 11.3 Å². The van der Waals surface area contributed by atoms with Crippen LogP contribution in [0.15, 0.2) is 30.5 Å². The third kappa shape index (κ3) is 3.59. The molecule has 2 aliphatic heterocycles. The lowest BCUT2D eigenvalue weighted by molar-refractivity contribution is 0.0171. The van der Waals surface area contributed by atoms with Gasteiger partial charge >= 0.3 is 0 Å². The van der Waals surface area contributed by atoms with Gasteiger partial charge in [0.2, 0.25) is 10.0 Å². The maximum Gasteiger partial charge on any atom is 0.211 e. The van der Waals surface area contributed by atoms with Gasteiger partial charge in [0.15, 0.2) is 0 Å². The van der Waals surface area contributed by atoms with Gasteiger partial charge in [-0.05, 0) is 43.1 Å². The number of aromatic nitrogens is 2. The normalized spacial score (nSPS) is 26.5. The number of hydrogen-bond acceptors (Lipinski definition) is 5. The Morgan fingerprint density at radius 1 is 1.32 bits per heavy atom. The molecule has 2 aromatic rings. The van der Waals surface area contributed by atoms with E-state index in [0.717, 1.165) is 36.3 Å². The first-order chi connectivity index (χ1) is 13.3. The number of aromatic amines is 1. The van der Waals surface area contributed by atoms with E-state index in [-0.39, 0.29) is 23.8 Å². The monoisotopic (exact) mass is 408 g/mol. The summed E-state index contributed by atoms with van der Waals surface area (Å²) in [7, 11) is -3.26. The second-order valence-electron chi connectivity index (χ2n) is 8.04. The summed E-state index contributed by atoms with van der Waals surface area (Å²) in [4.78, 5) is 2.28. The van der Waals surface area contributed by atoms with Crippen LogP contribution in [0.2, 0.25) is 0 Å². The quantitative estimate of drug-likeness (QED) is 0.778. The number of rotatable bonds is 5. The van der Waals surface area contributed by atoms with Gasteiger partial charge in [0, 0.05) is 42.7 Å². The molecule has 152 valence electrons. The lowest BCUT2D eigenvalue weighted by Gasteiger charge is -2.42. The summed E-state index contributed by atoms with van der Waals surface area (Å²) >= 11 is 0. The fourth-order valence-corrected chi connectivity index (χ4v) is 5.44. The molecule has 0 bridgehead atoms. The van der Waals surface area contributed by atoms with Crippen molar-refractivity contribution in [1.82, 2.24) is 19.4 Å². The lowest BCUT2D eigenvalue weighted by Crippen LogP contribution is -2.48. The lowest BCUT2D eigenvalue weighted by atomic mass is 9.73. The zero-order valence-corrected chi connectivity index (χ0v) is 16.6. The molecule has 3 heterocycles. The summed E-state index contributed by atoms with van der Waals surface area (Å²) in [5.41, 5.74) is 2.40. The molecule has 4 rings (SSSR count). The summed E-state index contributed by atoms with van der Waals surface area (Å²) in [6.07, 6.45) is 3.77. The predicted octanol–water partition coefficient (Wildman–Crippen LogP) is 1.29. The predicted molar refractivity (Wildman–Crippen MR) is 103 cm³/mol. The number of piperidine rings is 1. The van der Waals surface area contributed by atoms with Crippen LogP contribution in [0.4, 0.5) is 4.39 Å². The van der Waals surface area contributed by atoms with Crippen molar-refractivity contribution in [2.24, 2.45) is 11.3 Å². The van der Waals surface area contributed by atoms with Crippen molar-refractivity contribution in [3.05, 3.63) is 41.8 Å². The number of nitrogens with one attached hydrogen (secondary N) is 1. The van der Waals surface area contributed by atoms with Crippen molar-refractivity contribution < 1.29 is 17.9 Å². The largest absolute Gasteiger partial charge is 0.396 e. The fraction of sp³-hybridized carbons (Fsp3) is 0.526. The summed E-state index contributed by atoms with van der Waals surface area (Å²) in [6, 6.07) is 6.30. The number of halogens is 1. The van der Waals surface area contributed by atoms with E-state index in [0.29, 0.717) is 19.6 Å². The molecule has 28 heavy (non-hydrogen) atoms. The molecule has 2 fully saturated rings. The van der Waals surface area contributed by atoms with Crippen molar-refractivity contribution in [2.75, 3.05) is 39.0 Å². The number of nitrogens with zero attached hydrogens (tertiary/aromatic N) is 3. The minimum atomic E-state index is -3.26. The second-order valence-corrected chi connectivity index (χ2v) is 10.0. The van der Waals surface area contributed by atoms with Gasteiger partial charge in [0.05, 0.1) is 24.8 Å². The number of aliphatic hydroxyl groups excluding tert-OH is 1. The summed E-state index contributed by atoms with van der Waals surface area (Å²) in [6.45, 7) is 3.02. The van der Waals surface area contributed by atoms with Gasteiger partial charge in [-0.25, -0.2) is 17.1 Å². The van der Waals surface area contributed by atoms with Crippen molar-refractivity contribution in [3.63, 3.8) is 0 Å². The second kappa shape index (κ2) is 7.22. The molecular weight excluding hydrogens is 383 g/mol. The van der Waals surface area contributed by atoms with Gasteiger partial charge in [0.25, 0.3) is 0 Å². The number of hydrogen-bond donors (Lipinski definition) is 2.